The highest BCUT2D eigenvalue weighted by Gasteiger charge is 2.31. The lowest BCUT2D eigenvalue weighted by Crippen LogP contribution is -2.48. The molecule has 0 saturated carbocycles. The van der Waals surface area contributed by atoms with Crippen molar-refractivity contribution < 1.29 is 9.53 Å². The van der Waals surface area contributed by atoms with Gasteiger partial charge in [-0.3, -0.25) is 4.79 Å². The number of ether oxygens (including phenoxy) is 1. The molecular formula is C12H25NO2. The van der Waals surface area contributed by atoms with Crippen LogP contribution in [-0.2, 0) is 9.53 Å². The van der Waals surface area contributed by atoms with Gasteiger partial charge < -0.3 is 10.1 Å². The summed E-state index contributed by atoms with van der Waals surface area (Å²) in [6.45, 7) is 6.34. The Morgan fingerprint density at radius 2 is 2.00 bits per heavy atom. The summed E-state index contributed by atoms with van der Waals surface area (Å²) in [5.41, 5.74) is -0.522. The highest BCUT2D eigenvalue weighted by atomic mass is 16.5. The first kappa shape index (κ1) is 14.4. The second kappa shape index (κ2) is 6.83. The third-order valence-electron chi connectivity index (χ3n) is 2.90. The molecule has 0 heterocycles. The van der Waals surface area contributed by atoms with Crippen molar-refractivity contribution in [3.8, 4) is 0 Å². The molecule has 0 aromatic heterocycles. The Bertz CT molecular complexity index is 192. The van der Waals surface area contributed by atoms with Crippen LogP contribution in [0.3, 0.4) is 0 Å². The minimum Gasteiger partial charge on any atom is -0.468 e. The van der Waals surface area contributed by atoms with Crippen molar-refractivity contribution in [1.29, 1.82) is 0 Å². The van der Waals surface area contributed by atoms with Gasteiger partial charge in [0.1, 0.15) is 5.54 Å². The van der Waals surface area contributed by atoms with E-state index in [0.717, 1.165) is 18.8 Å². The second-order valence-corrected chi connectivity index (χ2v) is 4.71. The maximum Gasteiger partial charge on any atom is 0.325 e. The summed E-state index contributed by atoms with van der Waals surface area (Å²) in [6, 6.07) is 0. The van der Waals surface area contributed by atoms with Crippen LogP contribution in [-0.4, -0.2) is 25.7 Å². The largest absolute Gasteiger partial charge is 0.468 e. The van der Waals surface area contributed by atoms with Crippen molar-refractivity contribution in [2.45, 2.75) is 52.0 Å². The van der Waals surface area contributed by atoms with Crippen LogP contribution in [0, 0.1) is 5.92 Å². The lowest BCUT2D eigenvalue weighted by molar-refractivity contribution is -0.148. The summed E-state index contributed by atoms with van der Waals surface area (Å²) in [5, 5.41) is 3.04. The lowest BCUT2D eigenvalue weighted by atomic mass is 9.93. The molecule has 0 fully saturated rings. The van der Waals surface area contributed by atoms with Crippen molar-refractivity contribution in [1.82, 2.24) is 5.32 Å². The lowest BCUT2D eigenvalue weighted by Gasteiger charge is -2.26. The number of likely N-dealkylation sites (N-methyl/N-ethyl adjacent to an activating group) is 1. The maximum atomic E-state index is 11.5. The van der Waals surface area contributed by atoms with Crippen LogP contribution in [0.2, 0.25) is 0 Å². The third-order valence-corrected chi connectivity index (χ3v) is 2.90. The number of methoxy groups -OCH3 is 1. The summed E-state index contributed by atoms with van der Waals surface area (Å²) >= 11 is 0. The molecule has 0 rings (SSSR count). The summed E-state index contributed by atoms with van der Waals surface area (Å²) in [5.74, 6) is 0.568. The fraction of sp³-hybridized carbons (Fsp3) is 0.917. The fourth-order valence-corrected chi connectivity index (χ4v) is 1.59. The quantitative estimate of drug-likeness (QED) is 0.523. The topological polar surface area (TPSA) is 38.3 Å². The zero-order valence-electron chi connectivity index (χ0n) is 10.7. The van der Waals surface area contributed by atoms with E-state index in [4.69, 9.17) is 4.74 Å². The molecule has 1 N–H and O–H groups in total. The van der Waals surface area contributed by atoms with Crippen molar-refractivity contribution >= 4 is 5.97 Å². The van der Waals surface area contributed by atoms with Gasteiger partial charge in [-0.05, 0) is 26.3 Å². The highest BCUT2D eigenvalue weighted by molar-refractivity contribution is 5.80. The number of nitrogens with one attached hydrogen (secondary N) is 1. The molecule has 0 spiro atoms. The van der Waals surface area contributed by atoms with Gasteiger partial charge in [-0.1, -0.05) is 33.1 Å². The summed E-state index contributed by atoms with van der Waals surface area (Å²) in [7, 11) is 3.24. The monoisotopic (exact) mass is 215 g/mol. The van der Waals surface area contributed by atoms with Crippen LogP contribution in [0.1, 0.15) is 46.5 Å². The molecule has 0 unspecified atom stereocenters. The van der Waals surface area contributed by atoms with Gasteiger partial charge in [-0.25, -0.2) is 0 Å². The highest BCUT2D eigenvalue weighted by Crippen LogP contribution is 2.17. The number of hydrogen-bond donors (Lipinski definition) is 1. The molecule has 3 heteroatoms. The Morgan fingerprint density at radius 1 is 1.40 bits per heavy atom. The molecule has 3 nitrogen and oxygen atoms in total. The molecule has 90 valence electrons. The average Bonchev–Trinajstić information content (AvgIpc) is 2.22. The van der Waals surface area contributed by atoms with E-state index in [1.807, 2.05) is 6.92 Å². The summed E-state index contributed by atoms with van der Waals surface area (Å²) in [4.78, 5) is 11.5. The molecule has 0 aliphatic carbocycles. The van der Waals surface area contributed by atoms with Gasteiger partial charge in [0.25, 0.3) is 0 Å². The first-order valence-electron chi connectivity index (χ1n) is 5.73. The Balaban J connectivity index is 3.94. The fourth-order valence-electron chi connectivity index (χ4n) is 1.59. The van der Waals surface area contributed by atoms with E-state index in [1.54, 1.807) is 7.05 Å². The van der Waals surface area contributed by atoms with Crippen LogP contribution in [0.4, 0.5) is 0 Å². The SMILES string of the molecule is CN[C@](C)(CCCCC(C)C)C(=O)OC. The summed E-state index contributed by atoms with van der Waals surface area (Å²) < 4.78 is 4.78. The molecule has 0 bridgehead atoms. The van der Waals surface area contributed by atoms with E-state index in [-0.39, 0.29) is 5.97 Å². The molecule has 0 radical (unpaired) electrons. The Morgan fingerprint density at radius 3 is 2.40 bits per heavy atom. The van der Waals surface area contributed by atoms with Crippen molar-refractivity contribution in [3.05, 3.63) is 0 Å². The van der Waals surface area contributed by atoms with E-state index in [2.05, 4.69) is 19.2 Å². The van der Waals surface area contributed by atoms with Crippen LogP contribution < -0.4 is 5.32 Å². The number of hydrogen-bond acceptors (Lipinski definition) is 3. The van der Waals surface area contributed by atoms with E-state index in [0.29, 0.717) is 0 Å². The van der Waals surface area contributed by atoms with Crippen LogP contribution in [0.5, 0.6) is 0 Å². The predicted octanol–water partition coefficient (Wildman–Crippen LogP) is 2.35. The molecule has 0 saturated heterocycles. The summed E-state index contributed by atoms with van der Waals surface area (Å²) in [6.07, 6.45) is 4.29. The zero-order valence-corrected chi connectivity index (χ0v) is 10.7. The van der Waals surface area contributed by atoms with E-state index < -0.39 is 5.54 Å². The minimum atomic E-state index is -0.522. The molecule has 0 amide bonds. The number of rotatable bonds is 7. The Hall–Kier alpha value is -0.570. The molecule has 0 aliphatic rings. The van der Waals surface area contributed by atoms with Gasteiger partial charge in [0.2, 0.25) is 0 Å². The first-order chi connectivity index (χ1) is 6.96. The van der Waals surface area contributed by atoms with Gasteiger partial charge in [0.05, 0.1) is 7.11 Å². The van der Waals surface area contributed by atoms with Gasteiger partial charge in [0.15, 0.2) is 0 Å². The normalized spacial score (nSPS) is 15.1. The molecule has 0 aliphatic heterocycles. The van der Waals surface area contributed by atoms with Gasteiger partial charge in [-0.15, -0.1) is 0 Å². The molecular weight excluding hydrogens is 190 g/mol. The van der Waals surface area contributed by atoms with Crippen molar-refractivity contribution in [2.75, 3.05) is 14.2 Å². The second-order valence-electron chi connectivity index (χ2n) is 4.71. The maximum absolute atomic E-state index is 11.5. The van der Waals surface area contributed by atoms with Crippen LogP contribution >= 0.6 is 0 Å². The Labute approximate surface area is 93.6 Å². The van der Waals surface area contributed by atoms with Crippen LogP contribution in [0.25, 0.3) is 0 Å². The van der Waals surface area contributed by atoms with Gasteiger partial charge >= 0.3 is 5.97 Å². The Kier molecular flexibility index (Phi) is 6.57. The van der Waals surface area contributed by atoms with Crippen molar-refractivity contribution in [3.63, 3.8) is 0 Å². The van der Waals surface area contributed by atoms with E-state index in [1.165, 1.54) is 20.0 Å². The van der Waals surface area contributed by atoms with Gasteiger partial charge in [-0.2, -0.15) is 0 Å². The smallest absolute Gasteiger partial charge is 0.325 e. The predicted molar refractivity (Wildman–Crippen MR) is 62.8 cm³/mol. The number of esters is 1. The molecule has 0 aromatic rings. The average molecular weight is 215 g/mol. The molecule has 0 aromatic carbocycles. The van der Waals surface area contributed by atoms with E-state index in [9.17, 15) is 4.79 Å². The first-order valence-corrected chi connectivity index (χ1v) is 5.73. The zero-order chi connectivity index (χ0) is 11.9. The van der Waals surface area contributed by atoms with Crippen molar-refractivity contribution in [2.24, 2.45) is 5.92 Å². The number of carbonyl (C=O) groups is 1. The third kappa shape index (κ3) is 5.17. The molecule has 1 atom stereocenters. The molecule has 15 heavy (non-hydrogen) atoms. The number of carbonyl (C=O) groups excluding carboxylic acids is 1. The van der Waals surface area contributed by atoms with Crippen LogP contribution in [0.15, 0.2) is 0 Å². The standard InChI is InChI=1S/C12H25NO2/c1-10(2)8-6-7-9-12(3,13-4)11(14)15-5/h10,13H,6-9H2,1-5H3/t12-/m1/s1. The van der Waals surface area contributed by atoms with Gasteiger partial charge in [0, 0.05) is 0 Å². The number of unbranched alkanes of at least 4 members (excludes halogenated alkanes) is 1. The minimum absolute atomic E-state index is 0.172. The van der Waals surface area contributed by atoms with E-state index >= 15 is 0 Å².